The molecule has 0 fully saturated rings. The minimum Gasteiger partial charge on any atom is -0.346 e. The lowest BCUT2D eigenvalue weighted by molar-refractivity contribution is 0.492. The van der Waals surface area contributed by atoms with Crippen LogP contribution in [-0.2, 0) is 12.0 Å². The van der Waals surface area contributed by atoms with Gasteiger partial charge >= 0.3 is 0 Å². The van der Waals surface area contributed by atoms with E-state index in [0.717, 1.165) is 16.8 Å². The minimum absolute atomic E-state index is 0.219. The van der Waals surface area contributed by atoms with E-state index in [0.29, 0.717) is 13.0 Å². The molecule has 2 nitrogen and oxygen atoms in total. The molecule has 2 heterocycles. The van der Waals surface area contributed by atoms with E-state index >= 15 is 0 Å². The van der Waals surface area contributed by atoms with Crippen molar-refractivity contribution in [1.29, 1.82) is 5.26 Å². The van der Waals surface area contributed by atoms with Gasteiger partial charge in [0.05, 0.1) is 12.5 Å². The van der Waals surface area contributed by atoms with E-state index in [1.165, 1.54) is 6.07 Å². The SMILES string of the molecule is CC1(CC#N)c2ccc(F)cc2Cn2cccc21. The monoisotopic (exact) mass is 240 g/mol. The zero-order valence-corrected chi connectivity index (χ0v) is 10.2. The van der Waals surface area contributed by atoms with Crippen LogP contribution in [0.15, 0.2) is 36.5 Å². The molecule has 0 N–H and O–H groups in total. The van der Waals surface area contributed by atoms with E-state index in [9.17, 15) is 4.39 Å². The second-order valence-electron chi connectivity index (χ2n) is 4.99. The van der Waals surface area contributed by atoms with Crippen LogP contribution in [0.4, 0.5) is 4.39 Å². The summed E-state index contributed by atoms with van der Waals surface area (Å²) >= 11 is 0. The number of rotatable bonds is 1. The molecule has 1 aliphatic heterocycles. The van der Waals surface area contributed by atoms with Gasteiger partial charge in [0.2, 0.25) is 0 Å². The summed E-state index contributed by atoms with van der Waals surface area (Å²) in [6, 6.07) is 11.2. The summed E-state index contributed by atoms with van der Waals surface area (Å²) in [7, 11) is 0. The molecule has 1 aliphatic rings. The first-order valence-corrected chi connectivity index (χ1v) is 5.96. The molecule has 0 radical (unpaired) electrons. The summed E-state index contributed by atoms with van der Waals surface area (Å²) in [6.07, 6.45) is 2.38. The van der Waals surface area contributed by atoms with Gasteiger partial charge in [-0.2, -0.15) is 5.26 Å². The maximum Gasteiger partial charge on any atom is 0.123 e. The third-order valence-electron chi connectivity index (χ3n) is 3.83. The minimum atomic E-state index is -0.348. The highest BCUT2D eigenvalue weighted by Gasteiger charge is 2.36. The van der Waals surface area contributed by atoms with Gasteiger partial charge in [-0.1, -0.05) is 6.07 Å². The van der Waals surface area contributed by atoms with Crippen LogP contribution in [0.25, 0.3) is 0 Å². The molecule has 1 aromatic carbocycles. The molecule has 1 atom stereocenters. The molecular formula is C15H13FN2. The van der Waals surface area contributed by atoms with Crippen molar-refractivity contribution in [3.8, 4) is 6.07 Å². The number of hydrogen-bond acceptors (Lipinski definition) is 1. The quantitative estimate of drug-likeness (QED) is 0.752. The van der Waals surface area contributed by atoms with Gasteiger partial charge in [-0.25, -0.2) is 4.39 Å². The van der Waals surface area contributed by atoms with Crippen molar-refractivity contribution in [1.82, 2.24) is 4.57 Å². The third-order valence-corrected chi connectivity index (χ3v) is 3.83. The van der Waals surface area contributed by atoms with Gasteiger partial charge < -0.3 is 4.57 Å². The first-order valence-electron chi connectivity index (χ1n) is 5.96. The second-order valence-corrected chi connectivity index (χ2v) is 4.99. The van der Waals surface area contributed by atoms with Crippen LogP contribution in [0.3, 0.4) is 0 Å². The number of benzene rings is 1. The summed E-state index contributed by atoms with van der Waals surface area (Å²) in [4.78, 5) is 0. The average Bonchev–Trinajstić information content (AvgIpc) is 2.78. The first-order chi connectivity index (χ1) is 8.65. The third kappa shape index (κ3) is 1.39. The van der Waals surface area contributed by atoms with Crippen molar-refractivity contribution in [3.05, 3.63) is 59.2 Å². The van der Waals surface area contributed by atoms with Gasteiger partial charge in [-0.05, 0) is 42.3 Å². The van der Waals surface area contributed by atoms with Crippen LogP contribution in [-0.4, -0.2) is 4.57 Å². The van der Waals surface area contributed by atoms with Gasteiger partial charge in [0.25, 0.3) is 0 Å². The Balaban J connectivity index is 2.26. The summed E-state index contributed by atoms with van der Waals surface area (Å²) < 4.78 is 15.5. The number of nitriles is 1. The van der Waals surface area contributed by atoms with E-state index in [-0.39, 0.29) is 11.2 Å². The van der Waals surface area contributed by atoms with Gasteiger partial charge in [-0.15, -0.1) is 0 Å². The normalized spacial score (nSPS) is 20.9. The fraction of sp³-hybridized carbons (Fsp3) is 0.267. The van der Waals surface area contributed by atoms with Crippen LogP contribution in [0.1, 0.15) is 30.2 Å². The van der Waals surface area contributed by atoms with Crippen LogP contribution in [0.2, 0.25) is 0 Å². The molecule has 1 unspecified atom stereocenters. The highest BCUT2D eigenvalue weighted by atomic mass is 19.1. The predicted molar refractivity (Wildman–Crippen MR) is 66.6 cm³/mol. The molecule has 0 saturated heterocycles. The predicted octanol–water partition coefficient (Wildman–Crippen LogP) is 3.21. The Bertz CT molecular complexity index is 651. The van der Waals surface area contributed by atoms with Crippen molar-refractivity contribution < 1.29 is 4.39 Å². The van der Waals surface area contributed by atoms with Crippen molar-refractivity contribution in [2.45, 2.75) is 25.3 Å². The number of hydrogen-bond donors (Lipinski definition) is 0. The lowest BCUT2D eigenvalue weighted by Crippen LogP contribution is -2.32. The zero-order chi connectivity index (χ0) is 12.8. The Hall–Kier alpha value is -2.08. The van der Waals surface area contributed by atoms with Crippen molar-refractivity contribution >= 4 is 0 Å². The largest absolute Gasteiger partial charge is 0.346 e. The van der Waals surface area contributed by atoms with Gasteiger partial charge in [0, 0.05) is 23.9 Å². The second kappa shape index (κ2) is 3.71. The molecule has 0 saturated carbocycles. The lowest BCUT2D eigenvalue weighted by Gasteiger charge is -2.36. The number of halogens is 1. The molecule has 0 amide bonds. The van der Waals surface area contributed by atoms with Crippen LogP contribution in [0, 0.1) is 17.1 Å². The molecule has 0 spiro atoms. The van der Waals surface area contributed by atoms with E-state index < -0.39 is 0 Å². The highest BCUT2D eigenvalue weighted by molar-refractivity contribution is 5.45. The summed E-state index contributed by atoms with van der Waals surface area (Å²) in [5.74, 6) is -0.219. The molecular weight excluding hydrogens is 227 g/mol. The molecule has 2 aromatic rings. The van der Waals surface area contributed by atoms with Crippen LogP contribution >= 0.6 is 0 Å². The molecule has 3 rings (SSSR count). The Kier molecular flexibility index (Phi) is 2.27. The Morgan fingerprint density at radius 1 is 1.44 bits per heavy atom. The molecule has 0 aliphatic carbocycles. The Labute approximate surface area is 105 Å². The van der Waals surface area contributed by atoms with E-state index in [2.05, 4.69) is 17.6 Å². The number of aromatic nitrogens is 1. The zero-order valence-electron chi connectivity index (χ0n) is 10.2. The molecule has 18 heavy (non-hydrogen) atoms. The standard InChI is InChI=1S/C15H13FN2/c1-15(6-7-17)13-5-4-12(16)9-11(13)10-18-8-2-3-14(15)18/h2-5,8-9H,6,10H2,1H3. The van der Waals surface area contributed by atoms with E-state index in [4.69, 9.17) is 5.26 Å². The Morgan fingerprint density at radius 3 is 3.06 bits per heavy atom. The van der Waals surface area contributed by atoms with Gasteiger partial charge in [0.15, 0.2) is 0 Å². The van der Waals surface area contributed by atoms with Crippen LogP contribution in [0.5, 0.6) is 0 Å². The van der Waals surface area contributed by atoms with Crippen molar-refractivity contribution in [2.75, 3.05) is 0 Å². The number of fused-ring (bicyclic) bond motifs is 2. The first kappa shape index (κ1) is 11.0. The average molecular weight is 240 g/mol. The molecule has 1 aromatic heterocycles. The van der Waals surface area contributed by atoms with Crippen molar-refractivity contribution in [3.63, 3.8) is 0 Å². The maximum atomic E-state index is 13.4. The molecule has 0 bridgehead atoms. The smallest absolute Gasteiger partial charge is 0.123 e. The number of nitrogens with zero attached hydrogens (tertiary/aromatic N) is 2. The molecule has 3 heteroatoms. The fourth-order valence-electron chi connectivity index (χ4n) is 2.95. The Morgan fingerprint density at radius 2 is 2.28 bits per heavy atom. The lowest BCUT2D eigenvalue weighted by atomic mass is 9.73. The summed E-state index contributed by atoms with van der Waals surface area (Å²) in [5.41, 5.74) is 2.82. The van der Waals surface area contributed by atoms with E-state index in [1.54, 1.807) is 6.07 Å². The topological polar surface area (TPSA) is 28.7 Å². The van der Waals surface area contributed by atoms with Gasteiger partial charge in [-0.3, -0.25) is 0 Å². The van der Waals surface area contributed by atoms with Crippen molar-refractivity contribution in [2.24, 2.45) is 0 Å². The van der Waals surface area contributed by atoms with Gasteiger partial charge in [0.1, 0.15) is 5.82 Å². The summed E-state index contributed by atoms with van der Waals surface area (Å²) in [6.45, 7) is 2.73. The summed E-state index contributed by atoms with van der Waals surface area (Å²) in [5, 5.41) is 9.09. The fourth-order valence-corrected chi connectivity index (χ4v) is 2.95. The highest BCUT2D eigenvalue weighted by Crippen LogP contribution is 2.41. The molecule has 90 valence electrons. The van der Waals surface area contributed by atoms with Crippen LogP contribution < -0.4 is 0 Å². The van der Waals surface area contributed by atoms with E-state index in [1.807, 2.05) is 24.4 Å². The maximum absolute atomic E-state index is 13.4.